The molecule has 0 saturated heterocycles. The summed E-state index contributed by atoms with van der Waals surface area (Å²) >= 11 is 0. The van der Waals surface area contributed by atoms with Crippen LogP contribution in [0.5, 0.6) is 0 Å². The van der Waals surface area contributed by atoms with Crippen LogP contribution >= 0.6 is 0 Å². The van der Waals surface area contributed by atoms with Gasteiger partial charge in [-0.05, 0) is 19.5 Å². The molecule has 1 aliphatic heterocycles. The molecular formula is C22H30N2O5. The summed E-state index contributed by atoms with van der Waals surface area (Å²) in [5.41, 5.74) is 3.30. The van der Waals surface area contributed by atoms with Crippen LogP contribution in [-0.2, 0) is 30.3 Å². The molecule has 0 bridgehead atoms. The van der Waals surface area contributed by atoms with Gasteiger partial charge in [-0.2, -0.15) is 0 Å². The van der Waals surface area contributed by atoms with Gasteiger partial charge < -0.3 is 19.5 Å². The van der Waals surface area contributed by atoms with Gasteiger partial charge in [-0.15, -0.1) is 0 Å². The number of nitrogens with zero attached hydrogens (tertiary/aromatic N) is 1. The van der Waals surface area contributed by atoms with Gasteiger partial charge in [0.2, 0.25) is 0 Å². The number of rotatable bonds is 9. The van der Waals surface area contributed by atoms with Crippen molar-refractivity contribution in [2.24, 2.45) is 5.92 Å². The first-order valence-electron chi connectivity index (χ1n) is 9.56. The molecule has 1 aromatic carbocycles. The fourth-order valence-corrected chi connectivity index (χ4v) is 3.42. The molecule has 1 unspecified atom stereocenters. The lowest BCUT2D eigenvalue weighted by Gasteiger charge is -2.28. The van der Waals surface area contributed by atoms with E-state index < -0.39 is 17.9 Å². The zero-order chi connectivity index (χ0) is 21.4. The Kier molecular flexibility index (Phi) is 8.42. The van der Waals surface area contributed by atoms with Crippen LogP contribution in [0.3, 0.4) is 0 Å². The molecule has 0 amide bonds. The Labute approximate surface area is 172 Å². The van der Waals surface area contributed by atoms with Crippen molar-refractivity contribution in [2.45, 2.75) is 20.4 Å². The maximum Gasteiger partial charge on any atom is 0.336 e. The van der Waals surface area contributed by atoms with E-state index in [4.69, 9.17) is 14.2 Å². The summed E-state index contributed by atoms with van der Waals surface area (Å²) in [5, 5.41) is 3.12. The van der Waals surface area contributed by atoms with Gasteiger partial charge in [0.1, 0.15) is 0 Å². The maximum absolute atomic E-state index is 12.3. The molecule has 1 atom stereocenters. The first-order chi connectivity index (χ1) is 13.9. The molecule has 0 saturated carbocycles. The Bertz CT molecular complexity index is 786. The highest BCUT2D eigenvalue weighted by Gasteiger charge is 2.34. The van der Waals surface area contributed by atoms with Crippen molar-refractivity contribution in [3.05, 3.63) is 58.4 Å². The van der Waals surface area contributed by atoms with Crippen LogP contribution in [0.4, 0.5) is 0 Å². The number of carbonyl (C=O) groups excluding carboxylic acids is 2. The number of ether oxygens (including phenoxy) is 3. The molecule has 2 rings (SSSR count). The van der Waals surface area contributed by atoms with Gasteiger partial charge in [0.05, 0.1) is 44.3 Å². The molecule has 0 aromatic heterocycles. The van der Waals surface area contributed by atoms with Crippen molar-refractivity contribution in [1.29, 1.82) is 0 Å². The summed E-state index contributed by atoms with van der Waals surface area (Å²) in [5.74, 6) is -1.40. The molecule has 1 N–H and O–H groups in total. The van der Waals surface area contributed by atoms with Crippen LogP contribution in [0.2, 0.25) is 0 Å². The number of carbonyl (C=O) groups is 2. The molecule has 0 fully saturated rings. The smallest absolute Gasteiger partial charge is 0.336 e. The highest BCUT2D eigenvalue weighted by atomic mass is 16.5. The number of benzene rings is 1. The fraction of sp³-hybridized carbons (Fsp3) is 0.455. The number of allylic oxidation sites excluding steroid dienone is 1. The summed E-state index contributed by atoms with van der Waals surface area (Å²) in [7, 11) is 4.68. The predicted octanol–water partition coefficient (Wildman–Crippen LogP) is 2.25. The van der Waals surface area contributed by atoms with Gasteiger partial charge in [-0.25, -0.2) is 9.59 Å². The lowest BCUT2D eigenvalue weighted by atomic mass is 9.87. The maximum atomic E-state index is 12.3. The minimum atomic E-state index is -0.487. The fourth-order valence-electron chi connectivity index (χ4n) is 3.42. The average molecular weight is 402 g/mol. The van der Waals surface area contributed by atoms with Crippen LogP contribution in [0, 0.1) is 5.92 Å². The third-order valence-corrected chi connectivity index (χ3v) is 4.90. The predicted molar refractivity (Wildman–Crippen MR) is 110 cm³/mol. The molecule has 0 aliphatic carbocycles. The second kappa shape index (κ2) is 10.8. The van der Waals surface area contributed by atoms with Crippen molar-refractivity contribution in [1.82, 2.24) is 10.2 Å². The van der Waals surface area contributed by atoms with Crippen molar-refractivity contribution < 1.29 is 23.8 Å². The standard InChI is InChI=1S/C22H30N2O5/c1-15-19(21(25)27-4)16(2)23-18(20(15)22(26)28-5)14-29-12-11-24(3)13-17-9-7-6-8-10-17/h6-10,15,23H,11-14H2,1-5H3. The van der Waals surface area contributed by atoms with E-state index in [1.165, 1.54) is 19.8 Å². The van der Waals surface area contributed by atoms with Crippen LogP contribution in [-0.4, -0.2) is 57.9 Å². The number of hydrogen-bond acceptors (Lipinski definition) is 7. The largest absolute Gasteiger partial charge is 0.466 e. The molecule has 29 heavy (non-hydrogen) atoms. The zero-order valence-electron chi connectivity index (χ0n) is 17.8. The number of dihydropyridines is 1. The SMILES string of the molecule is COC(=O)C1=C(C)NC(COCCN(C)Cc2ccccc2)=C(C(=O)OC)C1C. The van der Waals surface area contributed by atoms with Crippen LogP contribution in [0.25, 0.3) is 0 Å². The second-order valence-electron chi connectivity index (χ2n) is 7.04. The van der Waals surface area contributed by atoms with E-state index in [2.05, 4.69) is 22.3 Å². The highest BCUT2D eigenvalue weighted by Crippen LogP contribution is 2.30. The average Bonchev–Trinajstić information content (AvgIpc) is 2.71. The summed E-state index contributed by atoms with van der Waals surface area (Å²) in [6.07, 6.45) is 0. The van der Waals surface area contributed by atoms with E-state index in [-0.39, 0.29) is 6.61 Å². The lowest BCUT2D eigenvalue weighted by molar-refractivity contribution is -0.137. The Morgan fingerprint density at radius 2 is 1.69 bits per heavy atom. The minimum absolute atomic E-state index is 0.222. The number of esters is 2. The van der Waals surface area contributed by atoms with Gasteiger partial charge in [0.25, 0.3) is 0 Å². The highest BCUT2D eigenvalue weighted by molar-refractivity contribution is 5.97. The van der Waals surface area contributed by atoms with Crippen molar-refractivity contribution in [3.8, 4) is 0 Å². The molecular weight excluding hydrogens is 372 g/mol. The van der Waals surface area contributed by atoms with Gasteiger partial charge in [0.15, 0.2) is 0 Å². The van der Waals surface area contributed by atoms with E-state index in [0.29, 0.717) is 29.1 Å². The molecule has 158 valence electrons. The molecule has 7 heteroatoms. The van der Waals surface area contributed by atoms with Crippen molar-refractivity contribution in [2.75, 3.05) is 41.0 Å². The van der Waals surface area contributed by atoms with Crippen molar-refractivity contribution >= 4 is 11.9 Å². The van der Waals surface area contributed by atoms with Crippen LogP contribution in [0.15, 0.2) is 52.9 Å². The Balaban J connectivity index is 1.98. The number of likely N-dealkylation sites (N-methyl/N-ethyl adjacent to an activating group) is 1. The van der Waals surface area contributed by atoms with E-state index in [1.54, 1.807) is 13.8 Å². The first-order valence-corrected chi connectivity index (χ1v) is 9.56. The minimum Gasteiger partial charge on any atom is -0.466 e. The van der Waals surface area contributed by atoms with Crippen LogP contribution < -0.4 is 5.32 Å². The molecule has 0 radical (unpaired) electrons. The van der Waals surface area contributed by atoms with Crippen molar-refractivity contribution in [3.63, 3.8) is 0 Å². The summed E-state index contributed by atoms with van der Waals surface area (Å²) in [6.45, 7) is 5.87. The summed E-state index contributed by atoms with van der Waals surface area (Å²) < 4.78 is 15.6. The van der Waals surface area contributed by atoms with E-state index in [0.717, 1.165) is 13.1 Å². The Morgan fingerprint density at radius 3 is 2.31 bits per heavy atom. The summed E-state index contributed by atoms with van der Waals surface area (Å²) in [4.78, 5) is 26.6. The number of hydrogen-bond donors (Lipinski definition) is 1. The lowest BCUT2D eigenvalue weighted by Crippen LogP contribution is -2.34. The van der Waals surface area contributed by atoms with E-state index in [1.807, 2.05) is 25.2 Å². The molecule has 1 aliphatic rings. The quantitative estimate of drug-likeness (QED) is 0.501. The second-order valence-corrected chi connectivity index (χ2v) is 7.04. The number of nitrogens with one attached hydrogen (secondary N) is 1. The monoisotopic (exact) mass is 402 g/mol. The van der Waals surface area contributed by atoms with E-state index in [9.17, 15) is 9.59 Å². The molecule has 1 aromatic rings. The van der Waals surface area contributed by atoms with Gasteiger partial charge >= 0.3 is 11.9 Å². The van der Waals surface area contributed by atoms with E-state index >= 15 is 0 Å². The van der Waals surface area contributed by atoms with Crippen LogP contribution in [0.1, 0.15) is 19.4 Å². The Morgan fingerprint density at radius 1 is 1.07 bits per heavy atom. The summed E-state index contributed by atoms with van der Waals surface area (Å²) in [6, 6.07) is 10.2. The zero-order valence-corrected chi connectivity index (χ0v) is 17.8. The van der Waals surface area contributed by atoms with Gasteiger partial charge in [-0.1, -0.05) is 37.3 Å². The van der Waals surface area contributed by atoms with Gasteiger partial charge in [-0.3, -0.25) is 4.90 Å². The number of methoxy groups -OCH3 is 2. The molecule has 1 heterocycles. The third-order valence-electron chi connectivity index (χ3n) is 4.90. The first kappa shape index (κ1) is 22.6. The molecule has 0 spiro atoms. The Hall–Kier alpha value is -2.64. The topological polar surface area (TPSA) is 77.1 Å². The molecule has 7 nitrogen and oxygen atoms in total. The normalized spacial score (nSPS) is 16.7. The third kappa shape index (κ3) is 5.92. The van der Waals surface area contributed by atoms with Gasteiger partial charge in [0, 0.05) is 24.7 Å².